The van der Waals surface area contributed by atoms with E-state index in [1.165, 1.54) is 12.1 Å². The van der Waals surface area contributed by atoms with Crippen LogP contribution in [0, 0.1) is 11.8 Å². The first-order valence-corrected chi connectivity index (χ1v) is 8.00. The molecule has 1 aliphatic rings. The summed E-state index contributed by atoms with van der Waals surface area (Å²) in [6.07, 6.45) is -2.81. The molecule has 2 unspecified atom stereocenters. The van der Waals surface area contributed by atoms with E-state index in [2.05, 4.69) is 10.6 Å². The fourth-order valence-electron chi connectivity index (χ4n) is 3.04. The van der Waals surface area contributed by atoms with Crippen molar-refractivity contribution in [2.45, 2.75) is 38.8 Å². The summed E-state index contributed by atoms with van der Waals surface area (Å²) in [5.41, 5.74) is 0.351. The fraction of sp³-hybridized carbons (Fsp3) is 0.588. The molecule has 24 heavy (non-hydrogen) atoms. The number of hydrogen-bond donors (Lipinski definition) is 2. The first-order valence-electron chi connectivity index (χ1n) is 8.00. The number of para-hydroxylation sites is 1. The average Bonchev–Trinajstić information content (AvgIpc) is 2.48. The number of anilines is 1. The molecule has 0 spiro atoms. The minimum Gasteiger partial charge on any atom is -0.326 e. The Morgan fingerprint density at radius 2 is 2.08 bits per heavy atom. The Hall–Kier alpha value is -1.27. The number of halogens is 4. The highest BCUT2D eigenvalue weighted by atomic mass is 35.5. The summed E-state index contributed by atoms with van der Waals surface area (Å²) in [7, 11) is 0. The van der Waals surface area contributed by atoms with E-state index < -0.39 is 12.6 Å². The van der Waals surface area contributed by atoms with Gasteiger partial charge in [-0.25, -0.2) is 0 Å². The maximum atomic E-state index is 12.6. The molecule has 0 aromatic heterocycles. The van der Waals surface area contributed by atoms with Crippen LogP contribution in [-0.2, 0) is 11.2 Å². The number of benzene rings is 1. The Bertz CT molecular complexity index is 531. The van der Waals surface area contributed by atoms with Crippen LogP contribution in [0.4, 0.5) is 18.9 Å². The van der Waals surface area contributed by atoms with Crippen LogP contribution in [0.15, 0.2) is 24.3 Å². The van der Waals surface area contributed by atoms with E-state index >= 15 is 0 Å². The lowest BCUT2D eigenvalue weighted by Gasteiger charge is -2.28. The molecule has 1 heterocycles. The minimum absolute atomic E-state index is 0. The second kappa shape index (κ2) is 9.28. The number of amides is 1. The molecule has 0 saturated carbocycles. The Kier molecular flexibility index (Phi) is 8.03. The molecule has 136 valence electrons. The fourth-order valence-corrected chi connectivity index (χ4v) is 3.04. The molecular weight excluding hydrogens is 341 g/mol. The molecule has 2 atom stereocenters. The van der Waals surface area contributed by atoms with Crippen LogP contribution in [0.5, 0.6) is 0 Å². The molecule has 0 aliphatic carbocycles. The van der Waals surface area contributed by atoms with Crippen LogP contribution < -0.4 is 10.6 Å². The largest absolute Gasteiger partial charge is 0.393 e. The number of rotatable bonds is 5. The van der Waals surface area contributed by atoms with E-state index in [-0.39, 0.29) is 35.5 Å². The molecule has 0 radical (unpaired) electrons. The van der Waals surface area contributed by atoms with Crippen molar-refractivity contribution in [3.05, 3.63) is 29.8 Å². The third kappa shape index (κ3) is 6.69. The van der Waals surface area contributed by atoms with Gasteiger partial charge in [-0.05, 0) is 49.4 Å². The summed E-state index contributed by atoms with van der Waals surface area (Å²) in [5.74, 6) is 0.426. The van der Waals surface area contributed by atoms with Crippen molar-refractivity contribution >= 4 is 24.0 Å². The number of carbonyl (C=O) groups is 1. The number of hydrogen-bond acceptors (Lipinski definition) is 2. The van der Waals surface area contributed by atoms with Gasteiger partial charge in [0.1, 0.15) is 0 Å². The van der Waals surface area contributed by atoms with E-state index in [1.807, 2.05) is 6.92 Å². The summed E-state index contributed by atoms with van der Waals surface area (Å²) in [6, 6.07) is 6.10. The summed E-state index contributed by atoms with van der Waals surface area (Å²) in [5, 5.41) is 5.96. The zero-order valence-corrected chi connectivity index (χ0v) is 14.5. The molecule has 3 nitrogen and oxygen atoms in total. The van der Waals surface area contributed by atoms with Crippen molar-refractivity contribution in [3.63, 3.8) is 0 Å². The maximum Gasteiger partial charge on any atom is 0.393 e. The van der Waals surface area contributed by atoms with Gasteiger partial charge in [-0.1, -0.05) is 25.1 Å². The van der Waals surface area contributed by atoms with E-state index in [4.69, 9.17) is 0 Å². The first-order chi connectivity index (χ1) is 10.8. The normalized spacial score (nSPS) is 19.2. The predicted octanol–water partition coefficient (Wildman–Crippen LogP) is 4.18. The second-order valence-corrected chi connectivity index (χ2v) is 6.29. The van der Waals surface area contributed by atoms with Crippen molar-refractivity contribution < 1.29 is 18.0 Å². The van der Waals surface area contributed by atoms with E-state index in [9.17, 15) is 18.0 Å². The van der Waals surface area contributed by atoms with Gasteiger partial charge < -0.3 is 10.6 Å². The predicted molar refractivity (Wildman–Crippen MR) is 91.5 cm³/mol. The van der Waals surface area contributed by atoms with Crippen LogP contribution in [0.1, 0.15) is 31.7 Å². The van der Waals surface area contributed by atoms with Gasteiger partial charge in [0.05, 0.1) is 6.42 Å². The van der Waals surface area contributed by atoms with Crippen molar-refractivity contribution in [2.24, 2.45) is 11.8 Å². The molecule has 0 bridgehead atoms. The highest BCUT2D eigenvalue weighted by molar-refractivity contribution is 5.91. The molecule has 2 N–H and O–H groups in total. The zero-order valence-electron chi connectivity index (χ0n) is 13.7. The molecule has 7 heteroatoms. The van der Waals surface area contributed by atoms with E-state index in [0.29, 0.717) is 12.3 Å². The summed E-state index contributed by atoms with van der Waals surface area (Å²) < 4.78 is 37.8. The molecule has 1 aromatic rings. The third-order valence-electron chi connectivity index (χ3n) is 4.33. The highest BCUT2D eigenvalue weighted by Gasteiger charge is 2.29. The zero-order chi connectivity index (χ0) is 16.9. The van der Waals surface area contributed by atoms with Crippen molar-refractivity contribution in [1.82, 2.24) is 5.32 Å². The molecule has 2 rings (SSSR count). The first kappa shape index (κ1) is 20.8. The summed E-state index contributed by atoms with van der Waals surface area (Å²) in [4.78, 5) is 12.2. The molecular formula is C17H24ClF3N2O. The van der Waals surface area contributed by atoms with Gasteiger partial charge in [0.15, 0.2) is 0 Å². The van der Waals surface area contributed by atoms with Gasteiger partial charge in [-0.3, -0.25) is 4.79 Å². The maximum absolute atomic E-state index is 12.6. The van der Waals surface area contributed by atoms with E-state index in [1.54, 1.807) is 12.1 Å². The number of nitrogens with one attached hydrogen (secondary N) is 2. The smallest absolute Gasteiger partial charge is 0.326 e. The molecule has 1 aliphatic heterocycles. The number of carbonyl (C=O) groups excluding carboxylic acids is 1. The lowest BCUT2D eigenvalue weighted by molar-refractivity contribution is -0.127. The summed E-state index contributed by atoms with van der Waals surface area (Å²) >= 11 is 0. The second-order valence-electron chi connectivity index (χ2n) is 6.29. The van der Waals surface area contributed by atoms with Crippen LogP contribution in [0.3, 0.4) is 0 Å². The Morgan fingerprint density at radius 1 is 1.38 bits per heavy atom. The number of alkyl halides is 3. The van der Waals surface area contributed by atoms with Gasteiger partial charge in [-0.2, -0.15) is 13.2 Å². The average molecular weight is 365 g/mol. The highest BCUT2D eigenvalue weighted by Crippen LogP contribution is 2.27. The van der Waals surface area contributed by atoms with Gasteiger partial charge in [0.2, 0.25) is 5.91 Å². The van der Waals surface area contributed by atoms with Crippen LogP contribution in [0.2, 0.25) is 0 Å². The van der Waals surface area contributed by atoms with Crippen molar-refractivity contribution in [1.29, 1.82) is 0 Å². The van der Waals surface area contributed by atoms with Gasteiger partial charge >= 0.3 is 6.18 Å². The molecule has 1 aromatic carbocycles. The van der Waals surface area contributed by atoms with E-state index in [0.717, 1.165) is 25.9 Å². The Balaban J connectivity index is 0.00000288. The lowest BCUT2D eigenvalue weighted by atomic mass is 9.85. The quantitative estimate of drug-likeness (QED) is 0.823. The number of piperidine rings is 1. The van der Waals surface area contributed by atoms with Crippen LogP contribution in [-0.4, -0.2) is 25.2 Å². The van der Waals surface area contributed by atoms with Crippen molar-refractivity contribution in [2.75, 3.05) is 18.4 Å². The monoisotopic (exact) mass is 364 g/mol. The Labute approximate surface area is 146 Å². The minimum atomic E-state index is -4.29. The molecule has 1 saturated heterocycles. The third-order valence-corrected chi connectivity index (χ3v) is 4.33. The Morgan fingerprint density at radius 3 is 2.71 bits per heavy atom. The summed E-state index contributed by atoms with van der Waals surface area (Å²) in [6.45, 7) is 3.94. The van der Waals surface area contributed by atoms with Crippen LogP contribution in [0.25, 0.3) is 0 Å². The lowest BCUT2D eigenvalue weighted by Crippen LogP contribution is -2.34. The molecule has 1 fully saturated rings. The topological polar surface area (TPSA) is 41.1 Å². The van der Waals surface area contributed by atoms with Gasteiger partial charge in [0, 0.05) is 12.1 Å². The molecule has 1 amide bonds. The van der Waals surface area contributed by atoms with Gasteiger partial charge in [0.25, 0.3) is 0 Å². The van der Waals surface area contributed by atoms with Gasteiger partial charge in [-0.15, -0.1) is 12.4 Å². The van der Waals surface area contributed by atoms with Crippen LogP contribution >= 0.6 is 12.4 Å². The van der Waals surface area contributed by atoms with Crippen molar-refractivity contribution in [3.8, 4) is 0 Å². The standard InChI is InChI=1S/C17H23F3N2O.ClH/c1-12(14-6-4-8-21-11-14)9-16(23)22-15-7-3-2-5-13(15)10-17(18,19)20;/h2-3,5,7,12,14,21H,4,6,8-11H2,1H3,(H,22,23);1H. The SMILES string of the molecule is CC(CC(=O)Nc1ccccc1CC(F)(F)F)C1CCCNC1.Cl.